The molecule has 86 valence electrons. The zero-order valence-electron chi connectivity index (χ0n) is 9.37. The van der Waals surface area contributed by atoms with Crippen molar-refractivity contribution >= 4 is 17.5 Å². The van der Waals surface area contributed by atoms with Gasteiger partial charge in [-0.15, -0.1) is 0 Å². The molecule has 2 rings (SSSR count). The summed E-state index contributed by atoms with van der Waals surface area (Å²) in [6, 6.07) is 7.46. The summed E-state index contributed by atoms with van der Waals surface area (Å²) < 4.78 is 0. The molecule has 0 saturated carbocycles. The van der Waals surface area contributed by atoms with E-state index in [1.807, 2.05) is 38.1 Å². The third kappa shape index (κ3) is 2.06. The van der Waals surface area contributed by atoms with E-state index in [0.29, 0.717) is 18.2 Å². The van der Waals surface area contributed by atoms with Crippen LogP contribution in [-0.4, -0.2) is 17.6 Å². The van der Waals surface area contributed by atoms with Crippen molar-refractivity contribution in [1.82, 2.24) is 5.06 Å². The molecule has 1 saturated heterocycles. The first kappa shape index (κ1) is 11.4. The van der Waals surface area contributed by atoms with Gasteiger partial charge in [0.15, 0.2) is 0 Å². The van der Waals surface area contributed by atoms with E-state index in [0.717, 1.165) is 5.56 Å². The largest absolute Gasteiger partial charge is 0.272 e. The van der Waals surface area contributed by atoms with Crippen molar-refractivity contribution in [2.75, 3.05) is 6.61 Å². The molecule has 0 bridgehead atoms. The molecular formula is C12H14ClNO2. The molecule has 0 aliphatic carbocycles. The molecule has 1 aromatic carbocycles. The van der Waals surface area contributed by atoms with Gasteiger partial charge in [0.25, 0.3) is 5.91 Å². The second kappa shape index (κ2) is 4.07. The first-order chi connectivity index (χ1) is 7.50. The van der Waals surface area contributed by atoms with E-state index in [9.17, 15) is 4.79 Å². The fourth-order valence-electron chi connectivity index (χ4n) is 1.60. The van der Waals surface area contributed by atoms with Crippen molar-refractivity contribution in [3.63, 3.8) is 0 Å². The number of amides is 1. The molecular weight excluding hydrogens is 226 g/mol. The highest BCUT2D eigenvalue weighted by atomic mass is 35.5. The Balaban J connectivity index is 2.13. The zero-order valence-corrected chi connectivity index (χ0v) is 10.1. The van der Waals surface area contributed by atoms with E-state index in [4.69, 9.17) is 16.4 Å². The highest BCUT2D eigenvalue weighted by Gasteiger charge is 2.40. The highest BCUT2D eigenvalue weighted by Crippen LogP contribution is 2.29. The molecule has 0 atom stereocenters. The predicted molar refractivity (Wildman–Crippen MR) is 61.7 cm³/mol. The molecule has 1 aromatic rings. The maximum absolute atomic E-state index is 11.9. The number of carbonyl (C=O) groups is 1. The third-order valence-electron chi connectivity index (χ3n) is 2.66. The number of rotatable bonds is 2. The monoisotopic (exact) mass is 239 g/mol. The number of nitrogens with zero attached hydrogens (tertiary/aromatic N) is 1. The smallest absolute Gasteiger partial charge is 0.254 e. The van der Waals surface area contributed by atoms with Crippen LogP contribution in [0.25, 0.3) is 0 Å². The molecule has 3 nitrogen and oxygen atoms in total. The summed E-state index contributed by atoms with van der Waals surface area (Å²) in [5.74, 6) is 0.00687. The average molecular weight is 240 g/mol. The van der Waals surface area contributed by atoms with Crippen LogP contribution in [0, 0.1) is 5.41 Å². The minimum atomic E-state index is -0.429. The van der Waals surface area contributed by atoms with Crippen molar-refractivity contribution in [3.05, 3.63) is 34.9 Å². The Hall–Kier alpha value is -1.06. The summed E-state index contributed by atoms with van der Waals surface area (Å²) in [7, 11) is 0. The van der Waals surface area contributed by atoms with Gasteiger partial charge in [0, 0.05) is 5.02 Å². The van der Waals surface area contributed by atoms with Crippen molar-refractivity contribution in [2.24, 2.45) is 5.41 Å². The van der Waals surface area contributed by atoms with E-state index in [-0.39, 0.29) is 5.91 Å². The number of hydrogen-bond acceptors (Lipinski definition) is 2. The van der Waals surface area contributed by atoms with Crippen LogP contribution in [0.15, 0.2) is 24.3 Å². The van der Waals surface area contributed by atoms with Gasteiger partial charge in [0.2, 0.25) is 0 Å². The van der Waals surface area contributed by atoms with Crippen LogP contribution in [0.1, 0.15) is 19.4 Å². The maximum atomic E-state index is 11.9. The van der Waals surface area contributed by atoms with E-state index >= 15 is 0 Å². The molecule has 1 aliphatic heterocycles. The first-order valence-electron chi connectivity index (χ1n) is 5.19. The number of halogens is 1. The molecule has 1 heterocycles. The Morgan fingerprint density at radius 2 is 2.12 bits per heavy atom. The Bertz CT molecular complexity index is 417. The molecule has 0 unspecified atom stereocenters. The van der Waals surface area contributed by atoms with Gasteiger partial charge in [-0.25, -0.2) is 5.06 Å². The molecule has 0 radical (unpaired) electrons. The molecule has 16 heavy (non-hydrogen) atoms. The van der Waals surface area contributed by atoms with Crippen LogP contribution >= 0.6 is 11.6 Å². The van der Waals surface area contributed by atoms with E-state index in [1.54, 1.807) is 0 Å². The second-order valence-electron chi connectivity index (χ2n) is 4.59. The lowest BCUT2D eigenvalue weighted by Crippen LogP contribution is -2.30. The quantitative estimate of drug-likeness (QED) is 0.794. The van der Waals surface area contributed by atoms with Crippen LogP contribution in [0.2, 0.25) is 5.02 Å². The van der Waals surface area contributed by atoms with Crippen molar-refractivity contribution < 1.29 is 9.63 Å². The van der Waals surface area contributed by atoms with Gasteiger partial charge in [-0.1, -0.05) is 29.8 Å². The molecule has 4 heteroatoms. The van der Waals surface area contributed by atoms with Crippen molar-refractivity contribution in [3.8, 4) is 0 Å². The lowest BCUT2D eigenvalue weighted by Gasteiger charge is -2.16. The van der Waals surface area contributed by atoms with E-state index in [2.05, 4.69) is 0 Å². The SMILES string of the molecule is CC1(C)CON(Cc2ccccc2Cl)C1=O. The summed E-state index contributed by atoms with van der Waals surface area (Å²) in [6.07, 6.45) is 0. The summed E-state index contributed by atoms with van der Waals surface area (Å²) in [5.41, 5.74) is 0.469. The summed E-state index contributed by atoms with van der Waals surface area (Å²) in [5, 5.41) is 2.05. The minimum Gasteiger partial charge on any atom is -0.272 e. The number of hydroxylamine groups is 2. The number of benzene rings is 1. The fourth-order valence-corrected chi connectivity index (χ4v) is 1.79. The van der Waals surface area contributed by atoms with Crippen LogP contribution in [0.5, 0.6) is 0 Å². The maximum Gasteiger partial charge on any atom is 0.254 e. The molecule has 0 aromatic heterocycles. The van der Waals surface area contributed by atoms with Gasteiger partial charge in [-0.3, -0.25) is 9.63 Å². The molecule has 0 spiro atoms. The topological polar surface area (TPSA) is 29.5 Å². The number of hydrogen-bond donors (Lipinski definition) is 0. The number of carbonyl (C=O) groups excluding carboxylic acids is 1. The first-order valence-corrected chi connectivity index (χ1v) is 5.57. The molecule has 0 N–H and O–H groups in total. The average Bonchev–Trinajstić information content (AvgIpc) is 2.49. The summed E-state index contributed by atoms with van der Waals surface area (Å²) in [6.45, 7) is 4.59. The molecule has 1 aliphatic rings. The van der Waals surface area contributed by atoms with E-state index < -0.39 is 5.41 Å². The van der Waals surface area contributed by atoms with Gasteiger partial charge >= 0.3 is 0 Å². The van der Waals surface area contributed by atoms with Crippen molar-refractivity contribution in [1.29, 1.82) is 0 Å². The fraction of sp³-hybridized carbons (Fsp3) is 0.417. The summed E-state index contributed by atoms with van der Waals surface area (Å²) >= 11 is 6.03. The lowest BCUT2D eigenvalue weighted by atomic mass is 9.95. The van der Waals surface area contributed by atoms with Gasteiger partial charge in [-0.05, 0) is 25.5 Å². The van der Waals surface area contributed by atoms with Crippen LogP contribution in [-0.2, 0) is 16.2 Å². The normalized spacial score (nSPS) is 19.2. The molecule has 1 fully saturated rings. The Morgan fingerprint density at radius 1 is 1.44 bits per heavy atom. The standard InChI is InChI=1S/C12H14ClNO2/c1-12(2)8-16-14(11(12)15)7-9-5-3-4-6-10(9)13/h3-6H,7-8H2,1-2H3. The van der Waals surface area contributed by atoms with Gasteiger partial charge in [-0.2, -0.15) is 0 Å². The third-order valence-corrected chi connectivity index (χ3v) is 3.03. The highest BCUT2D eigenvalue weighted by molar-refractivity contribution is 6.31. The van der Waals surface area contributed by atoms with Crippen LogP contribution < -0.4 is 0 Å². The van der Waals surface area contributed by atoms with Crippen LogP contribution in [0.3, 0.4) is 0 Å². The lowest BCUT2D eigenvalue weighted by molar-refractivity contribution is -0.165. The molecule has 1 amide bonds. The van der Waals surface area contributed by atoms with Gasteiger partial charge in [0.1, 0.15) is 0 Å². The van der Waals surface area contributed by atoms with Crippen molar-refractivity contribution in [2.45, 2.75) is 20.4 Å². The van der Waals surface area contributed by atoms with Gasteiger partial charge < -0.3 is 0 Å². The Morgan fingerprint density at radius 3 is 2.69 bits per heavy atom. The Kier molecular flexibility index (Phi) is 2.91. The second-order valence-corrected chi connectivity index (χ2v) is 5.00. The summed E-state index contributed by atoms with van der Waals surface area (Å²) in [4.78, 5) is 17.3. The zero-order chi connectivity index (χ0) is 11.8. The Labute approximate surface area is 99.9 Å². The van der Waals surface area contributed by atoms with Gasteiger partial charge in [0.05, 0.1) is 18.6 Å². The predicted octanol–water partition coefficient (Wildman–Crippen LogP) is 2.64. The minimum absolute atomic E-state index is 0.00687. The van der Waals surface area contributed by atoms with E-state index in [1.165, 1.54) is 5.06 Å². The van der Waals surface area contributed by atoms with Crippen LogP contribution in [0.4, 0.5) is 0 Å².